The molecule has 5 heteroatoms. The number of hydrogen-bond acceptors (Lipinski definition) is 5. The molecule has 2 aliphatic rings. The summed E-state index contributed by atoms with van der Waals surface area (Å²) in [6, 6.07) is 20.4. The number of benzene rings is 3. The lowest BCUT2D eigenvalue weighted by atomic mass is 9.88. The summed E-state index contributed by atoms with van der Waals surface area (Å²) in [5, 5.41) is 0. The summed E-state index contributed by atoms with van der Waals surface area (Å²) >= 11 is 0. The molecule has 2 heterocycles. The summed E-state index contributed by atoms with van der Waals surface area (Å²) in [5.74, 6) is 3.48. The van der Waals surface area contributed by atoms with Crippen molar-refractivity contribution in [3.63, 3.8) is 0 Å². The van der Waals surface area contributed by atoms with Gasteiger partial charge in [0, 0.05) is 48.1 Å². The van der Waals surface area contributed by atoms with E-state index in [1.165, 1.54) is 11.3 Å². The maximum Gasteiger partial charge on any atom is 0.138 e. The highest BCUT2D eigenvalue weighted by Crippen LogP contribution is 2.55. The third kappa shape index (κ3) is 3.62. The summed E-state index contributed by atoms with van der Waals surface area (Å²) in [7, 11) is 1.67. The fourth-order valence-electron chi connectivity index (χ4n) is 4.71. The highest BCUT2D eigenvalue weighted by Gasteiger charge is 2.43. The largest absolute Gasteiger partial charge is 0.497 e. The summed E-state index contributed by atoms with van der Waals surface area (Å²) < 4.78 is 24.3. The second kappa shape index (κ2) is 8.65. The number of anilines is 1. The van der Waals surface area contributed by atoms with E-state index in [0.29, 0.717) is 13.2 Å². The van der Waals surface area contributed by atoms with Crippen LogP contribution >= 0.6 is 0 Å². The summed E-state index contributed by atoms with van der Waals surface area (Å²) in [6.45, 7) is 7.29. The fourth-order valence-corrected chi connectivity index (χ4v) is 4.71. The summed E-state index contributed by atoms with van der Waals surface area (Å²) in [4.78, 5) is 2.36. The maximum absolute atomic E-state index is 6.56. The molecule has 0 spiro atoms. The third-order valence-electron chi connectivity index (χ3n) is 6.38. The van der Waals surface area contributed by atoms with Crippen LogP contribution in [0.4, 0.5) is 5.69 Å². The molecule has 0 unspecified atom stereocenters. The van der Waals surface area contributed by atoms with Crippen LogP contribution in [-0.2, 0) is 6.61 Å². The minimum Gasteiger partial charge on any atom is -0.497 e. The molecule has 2 atom stereocenters. The standard InChI is InChI=1S/C27H29NO4/c1-4-28(5-2)23-13-20(30-16-18-9-7-6-8-10-18)15-25-26(23)22-17-31-24-14-19(29-3)11-12-21(24)27(22)32-25/h6-15,22,27H,4-5,16-17H2,1-3H3/t22-,27-/m1/s1. The van der Waals surface area contributed by atoms with Crippen molar-refractivity contribution in [3.8, 4) is 23.0 Å². The van der Waals surface area contributed by atoms with Crippen LogP contribution in [0.25, 0.3) is 0 Å². The first-order valence-corrected chi connectivity index (χ1v) is 11.3. The van der Waals surface area contributed by atoms with E-state index >= 15 is 0 Å². The smallest absolute Gasteiger partial charge is 0.138 e. The van der Waals surface area contributed by atoms with Crippen molar-refractivity contribution in [2.75, 3.05) is 31.7 Å². The zero-order valence-electron chi connectivity index (χ0n) is 18.8. The lowest BCUT2D eigenvalue weighted by Crippen LogP contribution is -2.26. The average molecular weight is 432 g/mol. The third-order valence-corrected chi connectivity index (χ3v) is 6.38. The van der Waals surface area contributed by atoms with Gasteiger partial charge in [0.15, 0.2) is 0 Å². The van der Waals surface area contributed by atoms with E-state index in [2.05, 4.69) is 43.0 Å². The Labute approximate surface area is 189 Å². The molecule has 0 bridgehead atoms. The van der Waals surface area contributed by atoms with E-state index in [4.69, 9.17) is 18.9 Å². The number of rotatable bonds is 7. The number of fused-ring (bicyclic) bond motifs is 5. The first-order valence-electron chi connectivity index (χ1n) is 11.3. The molecular formula is C27H29NO4. The van der Waals surface area contributed by atoms with Crippen molar-refractivity contribution in [1.29, 1.82) is 0 Å². The van der Waals surface area contributed by atoms with Crippen molar-refractivity contribution in [2.45, 2.75) is 32.5 Å². The Bertz CT molecular complexity index is 1090. The topological polar surface area (TPSA) is 40.2 Å². The van der Waals surface area contributed by atoms with Crippen molar-refractivity contribution >= 4 is 5.69 Å². The number of nitrogens with zero attached hydrogens (tertiary/aromatic N) is 1. The van der Waals surface area contributed by atoms with E-state index in [1.54, 1.807) is 7.11 Å². The van der Waals surface area contributed by atoms with Crippen molar-refractivity contribution in [3.05, 3.63) is 77.4 Å². The van der Waals surface area contributed by atoms with E-state index in [9.17, 15) is 0 Å². The monoisotopic (exact) mass is 431 g/mol. The van der Waals surface area contributed by atoms with Gasteiger partial charge in [0.05, 0.1) is 19.6 Å². The zero-order chi connectivity index (χ0) is 22.1. The maximum atomic E-state index is 6.56. The van der Waals surface area contributed by atoms with Crippen molar-refractivity contribution in [2.24, 2.45) is 0 Å². The highest BCUT2D eigenvalue weighted by atomic mass is 16.5. The molecule has 3 aromatic rings. The Morgan fingerprint density at radius 1 is 0.938 bits per heavy atom. The first-order chi connectivity index (χ1) is 15.7. The van der Waals surface area contributed by atoms with Gasteiger partial charge in [-0.2, -0.15) is 0 Å². The zero-order valence-corrected chi connectivity index (χ0v) is 18.8. The molecule has 0 fully saturated rings. The van der Waals surface area contributed by atoms with Crippen LogP contribution in [0, 0.1) is 0 Å². The Morgan fingerprint density at radius 2 is 1.72 bits per heavy atom. The van der Waals surface area contributed by atoms with Crippen LogP contribution in [0.2, 0.25) is 0 Å². The van der Waals surface area contributed by atoms with Gasteiger partial charge in [-0.25, -0.2) is 0 Å². The van der Waals surface area contributed by atoms with Gasteiger partial charge in [0.25, 0.3) is 0 Å². The Morgan fingerprint density at radius 3 is 2.47 bits per heavy atom. The van der Waals surface area contributed by atoms with Gasteiger partial charge >= 0.3 is 0 Å². The van der Waals surface area contributed by atoms with Crippen LogP contribution in [0.5, 0.6) is 23.0 Å². The molecule has 0 amide bonds. The lowest BCUT2D eigenvalue weighted by Gasteiger charge is -2.30. The number of hydrogen-bond donors (Lipinski definition) is 0. The second-order valence-electron chi connectivity index (χ2n) is 8.16. The normalized spacial score (nSPS) is 18.0. The van der Waals surface area contributed by atoms with Gasteiger partial charge in [-0.1, -0.05) is 30.3 Å². The summed E-state index contributed by atoms with van der Waals surface area (Å²) in [5.41, 5.74) is 4.59. The highest BCUT2D eigenvalue weighted by molar-refractivity contribution is 5.67. The molecule has 32 heavy (non-hydrogen) atoms. The van der Waals surface area contributed by atoms with E-state index in [0.717, 1.165) is 47.2 Å². The number of methoxy groups -OCH3 is 1. The Balaban J connectivity index is 1.51. The Hall–Kier alpha value is -3.34. The Kier molecular flexibility index (Phi) is 5.56. The van der Waals surface area contributed by atoms with Crippen LogP contribution in [0.3, 0.4) is 0 Å². The fraction of sp³-hybridized carbons (Fsp3) is 0.333. The van der Waals surface area contributed by atoms with Crippen molar-refractivity contribution < 1.29 is 18.9 Å². The minimum absolute atomic E-state index is 0.0710. The average Bonchev–Trinajstić information content (AvgIpc) is 3.22. The minimum atomic E-state index is -0.0710. The van der Waals surface area contributed by atoms with E-state index in [-0.39, 0.29) is 12.0 Å². The predicted octanol–water partition coefficient (Wildman–Crippen LogP) is 5.73. The molecule has 0 aliphatic carbocycles. The molecule has 5 nitrogen and oxygen atoms in total. The van der Waals surface area contributed by atoms with E-state index < -0.39 is 0 Å². The van der Waals surface area contributed by atoms with Gasteiger partial charge in [-0.05, 0) is 31.5 Å². The first kappa shape index (κ1) is 20.6. The predicted molar refractivity (Wildman–Crippen MR) is 125 cm³/mol. The molecule has 166 valence electrons. The molecule has 3 aromatic carbocycles. The SMILES string of the molecule is CCN(CC)c1cc(OCc2ccccc2)cc2c1[C@H]1COc3cc(OC)ccc3[C@H]1O2. The quantitative estimate of drug-likeness (QED) is 0.478. The van der Waals surface area contributed by atoms with Gasteiger partial charge in [-0.3, -0.25) is 0 Å². The molecule has 0 saturated carbocycles. The molecule has 0 radical (unpaired) electrons. The summed E-state index contributed by atoms with van der Waals surface area (Å²) in [6.07, 6.45) is -0.0710. The van der Waals surface area contributed by atoms with Crippen molar-refractivity contribution in [1.82, 2.24) is 0 Å². The second-order valence-corrected chi connectivity index (χ2v) is 8.16. The molecule has 0 aromatic heterocycles. The lowest BCUT2D eigenvalue weighted by molar-refractivity contribution is 0.139. The van der Waals surface area contributed by atoms with Crippen LogP contribution in [-0.4, -0.2) is 26.8 Å². The molecular weight excluding hydrogens is 402 g/mol. The van der Waals surface area contributed by atoms with Crippen LogP contribution in [0.1, 0.15) is 42.6 Å². The van der Waals surface area contributed by atoms with Gasteiger partial charge < -0.3 is 23.8 Å². The number of ether oxygens (including phenoxy) is 4. The molecule has 0 saturated heterocycles. The van der Waals surface area contributed by atoms with Gasteiger partial charge in [0.2, 0.25) is 0 Å². The van der Waals surface area contributed by atoms with E-state index in [1.807, 2.05) is 36.4 Å². The van der Waals surface area contributed by atoms with Crippen LogP contribution in [0.15, 0.2) is 60.7 Å². The van der Waals surface area contributed by atoms with Gasteiger partial charge in [-0.15, -0.1) is 0 Å². The molecule has 5 rings (SSSR count). The van der Waals surface area contributed by atoms with Crippen LogP contribution < -0.4 is 23.8 Å². The molecule has 0 N–H and O–H groups in total. The molecule has 2 aliphatic heterocycles. The van der Waals surface area contributed by atoms with Gasteiger partial charge in [0.1, 0.15) is 35.7 Å².